The van der Waals surface area contributed by atoms with E-state index in [0.717, 1.165) is 28.2 Å². The summed E-state index contributed by atoms with van der Waals surface area (Å²) in [5.41, 5.74) is 8.23. The lowest BCUT2D eigenvalue weighted by atomic mass is 10.1. The molecule has 0 spiro atoms. The number of thiophene rings is 1. The third-order valence-corrected chi connectivity index (χ3v) is 5.64. The quantitative estimate of drug-likeness (QED) is 0.480. The van der Waals surface area contributed by atoms with Gasteiger partial charge < -0.3 is 4.74 Å². The number of nitrogens with one attached hydrogen (secondary N) is 1. The highest BCUT2D eigenvalue weighted by Gasteiger charge is 2.25. The van der Waals surface area contributed by atoms with Crippen LogP contribution in [0.15, 0.2) is 42.3 Å². The Labute approximate surface area is 166 Å². The van der Waals surface area contributed by atoms with Crippen LogP contribution in [0.1, 0.15) is 21.6 Å². The van der Waals surface area contributed by atoms with Crippen LogP contribution in [-0.2, 0) is 17.7 Å². The van der Waals surface area contributed by atoms with Gasteiger partial charge in [-0.2, -0.15) is 10.2 Å². The van der Waals surface area contributed by atoms with E-state index < -0.39 is 0 Å². The topological polar surface area (TPSA) is 68.6 Å². The summed E-state index contributed by atoms with van der Waals surface area (Å²) in [5, 5.41) is 14.2. The molecule has 1 N–H and O–H groups in total. The molecule has 0 bridgehead atoms. The summed E-state index contributed by atoms with van der Waals surface area (Å²) < 4.78 is 6.81. The summed E-state index contributed by atoms with van der Waals surface area (Å²) >= 11 is 1.63. The number of hydrogen-bond acceptors (Lipinski definition) is 5. The number of methoxy groups -OCH3 is 1. The Morgan fingerprint density at radius 1 is 1.32 bits per heavy atom. The molecule has 4 aromatic rings. The number of aromatic nitrogens is 5. The van der Waals surface area contributed by atoms with Gasteiger partial charge in [0.1, 0.15) is 19.3 Å². The first kappa shape index (κ1) is 16.9. The van der Waals surface area contributed by atoms with Crippen molar-refractivity contribution in [3.05, 3.63) is 63.9 Å². The van der Waals surface area contributed by atoms with Gasteiger partial charge in [0.15, 0.2) is 0 Å². The molecule has 138 valence electrons. The smallest absolute Gasteiger partial charge is 0.137 e. The number of ether oxygens (including phenoxy) is 1. The number of benzene rings is 1. The van der Waals surface area contributed by atoms with Crippen molar-refractivity contribution in [2.45, 2.75) is 13.0 Å². The molecule has 0 amide bonds. The Kier molecular flexibility index (Phi) is 4.28. The Morgan fingerprint density at radius 2 is 2.29 bits per heavy atom. The minimum atomic E-state index is 0.442. The molecule has 0 aliphatic heterocycles. The molecular formula is C21H17N5OS. The van der Waals surface area contributed by atoms with Crippen LogP contribution in [0.3, 0.4) is 0 Å². The molecule has 7 heteroatoms. The molecule has 5 rings (SSSR count). The normalized spacial score (nSPS) is 11.8. The molecule has 0 unspecified atom stereocenters. The van der Waals surface area contributed by atoms with Crippen molar-refractivity contribution in [1.29, 1.82) is 0 Å². The van der Waals surface area contributed by atoms with Crippen LogP contribution in [0.25, 0.3) is 22.5 Å². The summed E-state index contributed by atoms with van der Waals surface area (Å²) in [7, 11) is 1.65. The predicted molar refractivity (Wildman–Crippen MR) is 108 cm³/mol. The van der Waals surface area contributed by atoms with Crippen LogP contribution >= 0.6 is 11.3 Å². The van der Waals surface area contributed by atoms with E-state index in [0.29, 0.717) is 13.2 Å². The first-order valence-electron chi connectivity index (χ1n) is 8.90. The number of nitrogens with zero attached hydrogens (tertiary/aromatic N) is 4. The Hall–Kier alpha value is -3.21. The van der Waals surface area contributed by atoms with Gasteiger partial charge >= 0.3 is 0 Å². The van der Waals surface area contributed by atoms with Crippen LogP contribution in [0.2, 0.25) is 0 Å². The van der Waals surface area contributed by atoms with Crippen molar-refractivity contribution in [2.24, 2.45) is 0 Å². The van der Waals surface area contributed by atoms with E-state index >= 15 is 0 Å². The molecule has 0 saturated heterocycles. The van der Waals surface area contributed by atoms with Crippen LogP contribution in [0.4, 0.5) is 0 Å². The van der Waals surface area contributed by atoms with E-state index in [4.69, 9.17) is 4.74 Å². The lowest BCUT2D eigenvalue weighted by Gasteiger charge is -2.05. The molecule has 3 heterocycles. The maximum absolute atomic E-state index is 4.99. The number of rotatable bonds is 4. The number of aromatic amines is 1. The molecule has 0 radical (unpaired) electrons. The third-order valence-electron chi connectivity index (χ3n) is 4.79. The summed E-state index contributed by atoms with van der Waals surface area (Å²) in [5.74, 6) is 6.13. The summed E-state index contributed by atoms with van der Waals surface area (Å²) in [6.07, 6.45) is 4.18. The van der Waals surface area contributed by atoms with Crippen molar-refractivity contribution in [1.82, 2.24) is 25.0 Å². The second-order valence-corrected chi connectivity index (χ2v) is 7.53. The first-order chi connectivity index (χ1) is 13.8. The van der Waals surface area contributed by atoms with Gasteiger partial charge in [-0.15, -0.1) is 11.3 Å². The van der Waals surface area contributed by atoms with Crippen LogP contribution < -0.4 is 0 Å². The number of H-pyrrole nitrogens is 1. The molecule has 0 atom stereocenters. The zero-order chi connectivity index (χ0) is 18.9. The molecular weight excluding hydrogens is 370 g/mol. The second kappa shape index (κ2) is 7.08. The van der Waals surface area contributed by atoms with Crippen molar-refractivity contribution in [3.63, 3.8) is 0 Å². The Bertz CT molecular complexity index is 1190. The van der Waals surface area contributed by atoms with Gasteiger partial charge in [-0.05, 0) is 23.3 Å². The Morgan fingerprint density at radius 3 is 3.14 bits per heavy atom. The minimum Gasteiger partial charge on any atom is -0.372 e. The van der Waals surface area contributed by atoms with Crippen LogP contribution in [-0.4, -0.2) is 38.7 Å². The van der Waals surface area contributed by atoms with Gasteiger partial charge in [-0.3, -0.25) is 5.10 Å². The standard InChI is InChI=1S/C21H17N5OS/c1-27-6-2-3-17-8-16(11-28-17)20-19-9-15-5-4-14(10-26-13-22-12-23-26)7-18(15)21(19)25-24-20/h4-5,7-8,11-13H,6,9-10H2,1H3,(H,24,25). The number of hydrogen-bond donors (Lipinski definition) is 1. The molecule has 3 aromatic heterocycles. The average Bonchev–Trinajstić information content (AvgIpc) is 3.47. The van der Waals surface area contributed by atoms with E-state index in [1.165, 1.54) is 22.3 Å². The van der Waals surface area contributed by atoms with E-state index in [9.17, 15) is 0 Å². The maximum atomic E-state index is 4.99. The van der Waals surface area contributed by atoms with E-state index in [1.807, 2.05) is 4.68 Å². The molecule has 0 saturated carbocycles. The fraction of sp³-hybridized carbons (Fsp3) is 0.190. The van der Waals surface area contributed by atoms with Gasteiger partial charge in [0.05, 0.1) is 22.8 Å². The van der Waals surface area contributed by atoms with Gasteiger partial charge in [-0.25, -0.2) is 9.67 Å². The molecule has 6 nitrogen and oxygen atoms in total. The largest absolute Gasteiger partial charge is 0.372 e. The fourth-order valence-electron chi connectivity index (χ4n) is 3.52. The van der Waals surface area contributed by atoms with Crippen LogP contribution in [0.5, 0.6) is 0 Å². The summed E-state index contributed by atoms with van der Waals surface area (Å²) in [6, 6.07) is 8.69. The zero-order valence-electron chi connectivity index (χ0n) is 15.3. The predicted octanol–water partition coefficient (Wildman–Crippen LogP) is 3.35. The maximum Gasteiger partial charge on any atom is 0.137 e. The third kappa shape index (κ3) is 3.03. The summed E-state index contributed by atoms with van der Waals surface area (Å²) in [6.45, 7) is 1.15. The lowest BCUT2D eigenvalue weighted by Crippen LogP contribution is -2.00. The number of fused-ring (bicyclic) bond motifs is 3. The average molecular weight is 387 g/mol. The van der Waals surface area contributed by atoms with E-state index in [2.05, 4.69) is 61.8 Å². The van der Waals surface area contributed by atoms with E-state index in [1.54, 1.807) is 31.1 Å². The first-order valence-corrected chi connectivity index (χ1v) is 9.78. The van der Waals surface area contributed by atoms with Crippen molar-refractivity contribution in [2.75, 3.05) is 13.7 Å². The zero-order valence-corrected chi connectivity index (χ0v) is 16.1. The van der Waals surface area contributed by atoms with Gasteiger partial charge in [0.2, 0.25) is 0 Å². The second-order valence-electron chi connectivity index (χ2n) is 6.62. The van der Waals surface area contributed by atoms with Gasteiger partial charge in [-0.1, -0.05) is 24.0 Å². The highest BCUT2D eigenvalue weighted by atomic mass is 32.1. The Balaban J connectivity index is 1.45. The van der Waals surface area contributed by atoms with Gasteiger partial charge in [0, 0.05) is 35.6 Å². The SMILES string of the molecule is COCC#Cc1cc(-c2n[nH]c3c2Cc2ccc(Cn4cncn4)cc2-3)cs1. The van der Waals surface area contributed by atoms with E-state index in [-0.39, 0.29) is 0 Å². The van der Waals surface area contributed by atoms with Gasteiger partial charge in [0.25, 0.3) is 0 Å². The van der Waals surface area contributed by atoms with Crippen molar-refractivity contribution >= 4 is 11.3 Å². The molecule has 28 heavy (non-hydrogen) atoms. The minimum absolute atomic E-state index is 0.442. The summed E-state index contributed by atoms with van der Waals surface area (Å²) in [4.78, 5) is 5.03. The molecule has 0 fully saturated rings. The van der Waals surface area contributed by atoms with Crippen LogP contribution in [0, 0.1) is 11.8 Å². The lowest BCUT2D eigenvalue weighted by molar-refractivity contribution is 0.240. The molecule has 1 aliphatic rings. The fourth-order valence-corrected chi connectivity index (χ4v) is 4.28. The molecule has 1 aromatic carbocycles. The monoisotopic (exact) mass is 387 g/mol. The molecule has 1 aliphatic carbocycles. The van der Waals surface area contributed by atoms with Crippen molar-refractivity contribution in [3.8, 4) is 34.4 Å². The van der Waals surface area contributed by atoms with Crippen molar-refractivity contribution < 1.29 is 4.74 Å². The highest BCUT2D eigenvalue weighted by molar-refractivity contribution is 7.11. The highest BCUT2D eigenvalue weighted by Crippen LogP contribution is 2.41.